The van der Waals surface area contributed by atoms with Gasteiger partial charge < -0.3 is 10.0 Å². The minimum Gasteiger partial charge on any atom is -0.477 e. The summed E-state index contributed by atoms with van der Waals surface area (Å²) in [5, 5.41) is 11.4. The van der Waals surface area contributed by atoms with Crippen LogP contribution >= 0.6 is 34.7 Å². The minimum absolute atomic E-state index is 0.172. The molecule has 15 heteroatoms. The molecule has 1 aliphatic heterocycles. The molecule has 1 aromatic heterocycles. The van der Waals surface area contributed by atoms with Crippen LogP contribution in [0.15, 0.2) is 46.3 Å². The molecule has 3 aromatic rings. The molecule has 4 rings (SSSR count). The average molecular weight is 637 g/mol. The summed E-state index contributed by atoms with van der Waals surface area (Å²) in [7, 11) is -3.82. The van der Waals surface area contributed by atoms with E-state index in [1.165, 1.54) is 33.7 Å². The van der Waals surface area contributed by atoms with Gasteiger partial charge in [-0.2, -0.15) is 35.9 Å². The topological polar surface area (TPSA) is 99.8 Å². The van der Waals surface area contributed by atoms with Crippen LogP contribution < -0.4 is 14.9 Å². The number of fused-ring (bicyclic) bond motifs is 2. The second kappa shape index (κ2) is 12.2. The highest BCUT2D eigenvalue weighted by Gasteiger charge is 2.36. The number of thioether (sulfide) groups is 1. The zero-order chi connectivity index (χ0) is 29.2. The first-order valence-electron chi connectivity index (χ1n) is 12.2. The quantitative estimate of drug-likeness (QED) is 0.198. The molecule has 8 nitrogen and oxygen atoms in total. The van der Waals surface area contributed by atoms with Crippen LogP contribution in [0.5, 0.6) is 0 Å². The van der Waals surface area contributed by atoms with Gasteiger partial charge in [-0.3, -0.25) is 0 Å². The first kappa shape index (κ1) is 30.6. The van der Waals surface area contributed by atoms with Crippen molar-refractivity contribution in [1.82, 2.24) is 5.48 Å². The fourth-order valence-corrected chi connectivity index (χ4v) is 7.89. The Morgan fingerprint density at radius 3 is 2.60 bits per heavy atom. The maximum Gasteiger partial charge on any atom is 0.416 e. The lowest BCUT2D eigenvalue weighted by Gasteiger charge is -2.22. The van der Waals surface area contributed by atoms with E-state index in [9.17, 15) is 31.5 Å². The third-order valence-electron chi connectivity index (χ3n) is 5.96. The van der Waals surface area contributed by atoms with Crippen LogP contribution in [0.3, 0.4) is 0 Å². The lowest BCUT2D eigenvalue weighted by Crippen LogP contribution is -2.40. The number of nitrogens with zero attached hydrogens (tertiary/aromatic N) is 2. The number of hydrogen-bond acceptors (Lipinski definition) is 8. The summed E-state index contributed by atoms with van der Waals surface area (Å²) < 4.78 is 71.6. The lowest BCUT2D eigenvalue weighted by molar-refractivity contribution is -0.658. The highest BCUT2D eigenvalue weighted by atomic mass is 35.5. The van der Waals surface area contributed by atoms with Gasteiger partial charge in [0.15, 0.2) is 0 Å². The number of thiazole rings is 1. The normalized spacial score (nSPS) is 15.1. The Bertz CT molecular complexity index is 1570. The summed E-state index contributed by atoms with van der Waals surface area (Å²) in [4.78, 5) is 14.6. The van der Waals surface area contributed by atoms with E-state index in [1.54, 1.807) is 19.1 Å². The number of allylic oxidation sites excluding steroid dienone is 1. The third-order valence-corrected chi connectivity index (χ3v) is 9.81. The number of hydrogen-bond donors (Lipinski definition) is 2. The highest BCUT2D eigenvalue weighted by Crippen LogP contribution is 2.50. The van der Waals surface area contributed by atoms with E-state index in [4.69, 9.17) is 15.9 Å². The molecule has 0 saturated heterocycles. The third kappa shape index (κ3) is 6.74. The Morgan fingerprint density at radius 1 is 1.20 bits per heavy atom. The zero-order valence-corrected chi connectivity index (χ0v) is 24.6. The molecule has 40 heavy (non-hydrogen) atoms. The maximum absolute atomic E-state index is 13.5. The fraction of sp³-hybridized carbons (Fsp3) is 0.360. The highest BCUT2D eigenvalue weighted by molar-refractivity contribution is 8.04. The number of anilines is 1. The van der Waals surface area contributed by atoms with Gasteiger partial charge in [0.05, 0.1) is 27.6 Å². The van der Waals surface area contributed by atoms with Crippen molar-refractivity contribution in [1.29, 1.82) is 0 Å². The maximum atomic E-state index is 13.5. The summed E-state index contributed by atoms with van der Waals surface area (Å²) in [6, 6.07) is 8.64. The Hall–Kier alpha value is -2.36. The van der Waals surface area contributed by atoms with E-state index < -0.39 is 34.4 Å². The van der Waals surface area contributed by atoms with Crippen LogP contribution in [0.1, 0.15) is 37.3 Å². The van der Waals surface area contributed by atoms with Crippen molar-refractivity contribution in [3.63, 3.8) is 0 Å². The van der Waals surface area contributed by atoms with Gasteiger partial charge in [-0.1, -0.05) is 48.5 Å². The molecule has 0 bridgehead atoms. The van der Waals surface area contributed by atoms with Gasteiger partial charge in [-0.15, -0.1) is 0 Å². The molecule has 0 unspecified atom stereocenters. The fourth-order valence-electron chi connectivity index (χ4n) is 4.26. The zero-order valence-electron chi connectivity index (χ0n) is 21.4. The summed E-state index contributed by atoms with van der Waals surface area (Å²) >= 11 is 8.91. The number of carboxylic acid groups (broad SMARTS) is 1. The van der Waals surface area contributed by atoms with Gasteiger partial charge in [-0.25, -0.2) is 4.79 Å². The molecule has 2 heterocycles. The first-order valence-corrected chi connectivity index (χ1v) is 15.8. The van der Waals surface area contributed by atoms with Crippen molar-refractivity contribution in [2.45, 2.75) is 44.3 Å². The predicted octanol–water partition coefficient (Wildman–Crippen LogP) is 5.90. The predicted molar refractivity (Wildman–Crippen MR) is 150 cm³/mol. The molecular formula is C25H26ClF3N3O5S3+. The average Bonchev–Trinajstić information content (AvgIpc) is 3.40. The number of nitrogens with one attached hydrogen (secondary N) is 1. The Kier molecular flexibility index (Phi) is 9.37. The van der Waals surface area contributed by atoms with E-state index in [1.807, 2.05) is 17.9 Å². The Balaban J connectivity index is 1.82. The molecule has 0 radical (unpaired) electrons. The van der Waals surface area contributed by atoms with E-state index in [2.05, 4.69) is 5.48 Å². The number of carboxylic acids is 1. The molecule has 0 saturated carbocycles. The molecule has 2 N–H and O–H groups in total. The molecule has 0 spiro atoms. The molecule has 0 atom stereocenters. The molecule has 0 amide bonds. The van der Waals surface area contributed by atoms with Gasteiger partial charge in [0.2, 0.25) is 12.1 Å². The second-order valence-electron chi connectivity index (χ2n) is 8.77. The summed E-state index contributed by atoms with van der Waals surface area (Å²) in [5.41, 5.74) is 3.13. The van der Waals surface area contributed by atoms with Crippen molar-refractivity contribution >= 4 is 72.3 Å². The van der Waals surface area contributed by atoms with Crippen LogP contribution in [0.2, 0.25) is 5.02 Å². The summed E-state index contributed by atoms with van der Waals surface area (Å²) in [6.45, 7) is 3.64. The lowest BCUT2D eigenvalue weighted by atomic mass is 10.2. The Morgan fingerprint density at radius 2 is 1.95 bits per heavy atom. The van der Waals surface area contributed by atoms with Crippen molar-refractivity contribution in [3.05, 3.63) is 57.0 Å². The number of benzene rings is 2. The summed E-state index contributed by atoms with van der Waals surface area (Å²) in [5.74, 6) is -1.45. The van der Waals surface area contributed by atoms with E-state index in [0.29, 0.717) is 27.7 Å². The molecule has 216 valence electrons. The van der Waals surface area contributed by atoms with Gasteiger partial charge >= 0.3 is 12.1 Å². The van der Waals surface area contributed by atoms with E-state index in [0.717, 1.165) is 33.3 Å². The van der Waals surface area contributed by atoms with Gasteiger partial charge in [0.1, 0.15) is 4.70 Å². The van der Waals surface area contributed by atoms with Crippen molar-refractivity contribution in [3.8, 4) is 0 Å². The largest absolute Gasteiger partial charge is 0.477 e. The standard InChI is InChI=1S/C25H25ClF3N3O5S3/c1-3-17(24-32(14-22(33)34)18-12-15(25(27,28)29)6-8-20(18)39-24)23-31(10-5-11-40(35,36)37-30-4-2)19-13-16(26)7-9-21(19)38-23/h6-9,12-13,30H,3-5,10-11,14H2,1-2H3/p+1. The smallest absolute Gasteiger partial charge is 0.416 e. The van der Waals surface area contributed by atoms with E-state index in [-0.39, 0.29) is 24.2 Å². The molecule has 0 aliphatic carbocycles. The van der Waals surface area contributed by atoms with Crippen molar-refractivity contribution in [2.75, 3.05) is 23.7 Å². The number of halogens is 4. The Labute approximate surface area is 242 Å². The second-order valence-corrected chi connectivity index (χ2v) is 13.0. The van der Waals surface area contributed by atoms with Crippen molar-refractivity contribution in [2.24, 2.45) is 0 Å². The van der Waals surface area contributed by atoms with Crippen LogP contribution in [0.25, 0.3) is 15.8 Å². The van der Waals surface area contributed by atoms with Gasteiger partial charge in [0, 0.05) is 29.1 Å². The van der Waals surface area contributed by atoms with Crippen LogP contribution in [-0.4, -0.2) is 38.3 Å². The van der Waals surface area contributed by atoms with Crippen LogP contribution in [0, 0.1) is 0 Å². The number of carbonyl (C=O) groups is 1. The monoisotopic (exact) mass is 636 g/mol. The number of rotatable bonds is 11. The van der Waals surface area contributed by atoms with Crippen LogP contribution in [0.4, 0.5) is 18.9 Å². The molecule has 1 aliphatic rings. The van der Waals surface area contributed by atoms with E-state index >= 15 is 0 Å². The number of aromatic nitrogens is 1. The van der Waals surface area contributed by atoms with Crippen molar-refractivity contribution < 1.29 is 40.3 Å². The number of alkyl halides is 3. The molecular weight excluding hydrogens is 611 g/mol. The van der Waals surface area contributed by atoms with Gasteiger partial charge in [0.25, 0.3) is 15.1 Å². The molecule has 2 aromatic carbocycles. The minimum atomic E-state index is -4.58. The number of hydroxylamine groups is 1. The summed E-state index contributed by atoms with van der Waals surface area (Å²) in [6.07, 6.45) is -3.95. The van der Waals surface area contributed by atoms with Gasteiger partial charge in [-0.05, 0) is 43.2 Å². The SMILES string of the molecule is CCNOS(=O)(=O)CCCN1C(=C(CC)c2sc3ccc(C(F)(F)F)cc3[n+]2CC(=O)O)Sc2ccc(Cl)cc21. The number of aliphatic carboxylic acids is 1. The first-order chi connectivity index (χ1) is 18.8. The van der Waals surface area contributed by atoms with Crippen LogP contribution in [-0.2, 0) is 31.9 Å². The molecule has 0 fully saturated rings.